The van der Waals surface area contributed by atoms with Gasteiger partial charge in [-0.3, -0.25) is 0 Å². The summed E-state index contributed by atoms with van der Waals surface area (Å²) < 4.78 is 0. The molecule has 0 heterocycles. The molecule has 0 aliphatic rings. The van der Waals surface area contributed by atoms with Crippen molar-refractivity contribution in [1.29, 1.82) is 0 Å². The minimum atomic E-state index is -1.03. The lowest BCUT2D eigenvalue weighted by molar-refractivity contribution is 0.0697. The molecule has 19 heavy (non-hydrogen) atoms. The molecule has 96 valence electrons. The molecule has 0 saturated carbocycles. The highest BCUT2D eigenvalue weighted by molar-refractivity contribution is 5.93. The van der Waals surface area contributed by atoms with Gasteiger partial charge in [-0.2, -0.15) is 10.2 Å². The molecule has 0 radical (unpaired) electrons. The first kappa shape index (κ1) is 12.8. The van der Waals surface area contributed by atoms with Crippen molar-refractivity contribution in [3.05, 3.63) is 59.7 Å². The number of azo groups is 1. The van der Waals surface area contributed by atoms with E-state index in [0.717, 1.165) is 5.56 Å². The number of phenolic OH excluding ortho intramolecular Hbond substituents is 1. The van der Waals surface area contributed by atoms with Gasteiger partial charge in [-0.15, -0.1) is 0 Å². The first-order chi connectivity index (χ1) is 9.16. The molecule has 0 atom stereocenters. The van der Waals surface area contributed by atoms with Crippen LogP contribution >= 0.6 is 0 Å². The summed E-state index contributed by atoms with van der Waals surface area (Å²) in [5.41, 5.74) is 1.33. The van der Waals surface area contributed by atoms with Crippen LogP contribution in [-0.2, 0) is 6.54 Å². The number of aromatic hydroxyl groups is 1. The van der Waals surface area contributed by atoms with Crippen LogP contribution in [0.2, 0.25) is 0 Å². The van der Waals surface area contributed by atoms with Crippen molar-refractivity contribution < 1.29 is 15.0 Å². The molecule has 2 N–H and O–H groups in total. The van der Waals surface area contributed by atoms with E-state index in [1.807, 2.05) is 0 Å². The third kappa shape index (κ3) is 3.38. The molecule has 0 amide bonds. The summed E-state index contributed by atoms with van der Waals surface area (Å²) in [6.07, 6.45) is 0. The fourth-order valence-electron chi connectivity index (χ4n) is 1.54. The molecular weight excluding hydrogens is 244 g/mol. The topological polar surface area (TPSA) is 82.2 Å². The van der Waals surface area contributed by atoms with Crippen LogP contribution in [0.4, 0.5) is 5.69 Å². The molecule has 2 aromatic carbocycles. The number of rotatable bonds is 4. The Kier molecular flexibility index (Phi) is 3.87. The number of phenols is 1. The molecule has 5 nitrogen and oxygen atoms in total. The second-order valence-electron chi connectivity index (χ2n) is 3.89. The molecule has 0 aliphatic heterocycles. The lowest BCUT2D eigenvalue weighted by Gasteiger charge is -1.99. The summed E-state index contributed by atoms with van der Waals surface area (Å²) >= 11 is 0. The summed E-state index contributed by atoms with van der Waals surface area (Å²) in [4.78, 5) is 11.0. The molecule has 0 fully saturated rings. The monoisotopic (exact) mass is 256 g/mol. The number of benzene rings is 2. The van der Waals surface area contributed by atoms with E-state index in [4.69, 9.17) is 10.2 Å². The smallest absolute Gasteiger partial charge is 0.337 e. The standard InChI is InChI=1S/C14H12N2O3/c17-11-7-5-10(6-8-11)9-15-16-13-4-2-1-3-12(13)14(18)19/h1-8,17H,9H2,(H,18,19). The Hall–Kier alpha value is -2.69. The molecule has 0 aromatic heterocycles. The number of hydrogen-bond acceptors (Lipinski definition) is 4. The molecular formula is C14H12N2O3. The quantitative estimate of drug-likeness (QED) is 0.822. The summed E-state index contributed by atoms with van der Waals surface area (Å²) in [6.45, 7) is 0.328. The lowest BCUT2D eigenvalue weighted by atomic mass is 10.2. The predicted octanol–water partition coefficient (Wildman–Crippen LogP) is 3.37. The van der Waals surface area contributed by atoms with Crippen molar-refractivity contribution in [2.75, 3.05) is 0 Å². The van der Waals surface area contributed by atoms with Crippen LogP contribution in [-0.4, -0.2) is 16.2 Å². The Balaban J connectivity index is 2.11. The van der Waals surface area contributed by atoms with Gasteiger partial charge in [-0.1, -0.05) is 24.3 Å². The number of hydrogen-bond donors (Lipinski definition) is 2. The molecule has 0 spiro atoms. The average molecular weight is 256 g/mol. The third-order valence-electron chi connectivity index (χ3n) is 2.50. The summed E-state index contributed by atoms with van der Waals surface area (Å²) in [5, 5.41) is 26.0. The molecule has 2 rings (SSSR count). The van der Waals surface area contributed by atoms with E-state index in [1.165, 1.54) is 6.07 Å². The van der Waals surface area contributed by atoms with E-state index < -0.39 is 5.97 Å². The fraction of sp³-hybridized carbons (Fsp3) is 0.0714. The number of carboxylic acids is 1. The van der Waals surface area contributed by atoms with E-state index in [9.17, 15) is 4.79 Å². The van der Waals surface area contributed by atoms with Crippen LogP contribution in [0.25, 0.3) is 0 Å². The maximum atomic E-state index is 11.0. The highest BCUT2D eigenvalue weighted by Gasteiger charge is 2.07. The molecule has 0 bridgehead atoms. The predicted molar refractivity (Wildman–Crippen MR) is 69.7 cm³/mol. The second-order valence-corrected chi connectivity index (χ2v) is 3.89. The van der Waals surface area contributed by atoms with Crippen LogP contribution in [0, 0.1) is 0 Å². The van der Waals surface area contributed by atoms with Gasteiger partial charge in [0.1, 0.15) is 5.75 Å². The normalized spacial score (nSPS) is 10.7. The SMILES string of the molecule is O=C(O)c1ccccc1N=NCc1ccc(O)cc1. The number of carboxylic acid groups (broad SMARTS) is 1. The minimum absolute atomic E-state index is 0.122. The maximum Gasteiger partial charge on any atom is 0.337 e. The average Bonchev–Trinajstić information content (AvgIpc) is 2.41. The molecule has 0 unspecified atom stereocenters. The lowest BCUT2D eigenvalue weighted by Crippen LogP contribution is -1.95. The second kappa shape index (κ2) is 5.77. The van der Waals surface area contributed by atoms with Gasteiger partial charge in [0.05, 0.1) is 17.8 Å². The van der Waals surface area contributed by atoms with Crippen LogP contribution in [0.3, 0.4) is 0 Å². The van der Waals surface area contributed by atoms with Crippen molar-refractivity contribution in [2.45, 2.75) is 6.54 Å². The van der Waals surface area contributed by atoms with Crippen molar-refractivity contribution in [3.8, 4) is 5.75 Å². The Labute approximate surface area is 109 Å². The summed E-state index contributed by atoms with van der Waals surface area (Å²) in [7, 11) is 0. The highest BCUT2D eigenvalue weighted by atomic mass is 16.4. The Morgan fingerprint density at radius 3 is 2.42 bits per heavy atom. The Bertz CT molecular complexity index is 606. The van der Waals surface area contributed by atoms with Gasteiger partial charge in [0.2, 0.25) is 0 Å². The highest BCUT2D eigenvalue weighted by Crippen LogP contribution is 2.19. The van der Waals surface area contributed by atoms with Gasteiger partial charge >= 0.3 is 5.97 Å². The largest absolute Gasteiger partial charge is 0.508 e. The van der Waals surface area contributed by atoms with Crippen molar-refractivity contribution in [2.24, 2.45) is 10.2 Å². The van der Waals surface area contributed by atoms with Gasteiger partial charge in [-0.05, 0) is 29.8 Å². The van der Waals surface area contributed by atoms with E-state index in [2.05, 4.69) is 10.2 Å². The molecule has 2 aromatic rings. The van der Waals surface area contributed by atoms with Crippen molar-refractivity contribution in [3.63, 3.8) is 0 Å². The van der Waals surface area contributed by atoms with Crippen LogP contribution < -0.4 is 0 Å². The zero-order valence-electron chi connectivity index (χ0n) is 10.0. The zero-order valence-corrected chi connectivity index (χ0v) is 10.0. The van der Waals surface area contributed by atoms with Gasteiger partial charge in [-0.25, -0.2) is 4.79 Å². The maximum absolute atomic E-state index is 11.0. The molecule has 0 saturated heterocycles. The van der Waals surface area contributed by atoms with E-state index in [0.29, 0.717) is 12.2 Å². The van der Waals surface area contributed by atoms with Gasteiger partial charge in [0.25, 0.3) is 0 Å². The van der Waals surface area contributed by atoms with Gasteiger partial charge < -0.3 is 10.2 Å². The first-order valence-electron chi connectivity index (χ1n) is 5.64. The van der Waals surface area contributed by atoms with Gasteiger partial charge in [0.15, 0.2) is 0 Å². The van der Waals surface area contributed by atoms with Crippen LogP contribution in [0.15, 0.2) is 58.8 Å². The van der Waals surface area contributed by atoms with E-state index in [-0.39, 0.29) is 11.3 Å². The van der Waals surface area contributed by atoms with Crippen molar-refractivity contribution in [1.82, 2.24) is 0 Å². The van der Waals surface area contributed by atoms with E-state index in [1.54, 1.807) is 42.5 Å². The molecule has 5 heteroatoms. The molecule has 0 aliphatic carbocycles. The third-order valence-corrected chi connectivity index (χ3v) is 2.50. The first-order valence-corrected chi connectivity index (χ1v) is 5.64. The summed E-state index contributed by atoms with van der Waals surface area (Å²) in [6, 6.07) is 13.0. The van der Waals surface area contributed by atoms with Crippen LogP contribution in [0.1, 0.15) is 15.9 Å². The van der Waals surface area contributed by atoms with E-state index >= 15 is 0 Å². The minimum Gasteiger partial charge on any atom is -0.508 e. The number of carbonyl (C=O) groups is 1. The number of nitrogens with zero attached hydrogens (tertiary/aromatic N) is 2. The van der Waals surface area contributed by atoms with Crippen LogP contribution in [0.5, 0.6) is 5.75 Å². The van der Waals surface area contributed by atoms with Gasteiger partial charge in [0, 0.05) is 0 Å². The zero-order chi connectivity index (χ0) is 13.7. The Morgan fingerprint density at radius 1 is 1.05 bits per heavy atom. The number of aromatic carboxylic acids is 1. The van der Waals surface area contributed by atoms with Crippen molar-refractivity contribution >= 4 is 11.7 Å². The Morgan fingerprint density at radius 2 is 1.74 bits per heavy atom. The summed E-state index contributed by atoms with van der Waals surface area (Å²) in [5.74, 6) is -0.837. The fourth-order valence-corrected chi connectivity index (χ4v) is 1.54.